The predicted octanol–water partition coefficient (Wildman–Crippen LogP) is 2.64. The Kier molecular flexibility index (Phi) is 3.13. The van der Waals surface area contributed by atoms with Crippen molar-refractivity contribution in [3.8, 4) is 0 Å². The van der Waals surface area contributed by atoms with Gasteiger partial charge in [0, 0.05) is 12.6 Å². The van der Waals surface area contributed by atoms with Gasteiger partial charge in [-0.1, -0.05) is 30.4 Å². The lowest BCUT2D eigenvalue weighted by molar-refractivity contribution is 0.242. The third-order valence-electron chi connectivity index (χ3n) is 3.52. The van der Waals surface area contributed by atoms with Gasteiger partial charge in [-0.2, -0.15) is 4.31 Å². The number of thiophene rings is 1. The zero-order chi connectivity index (χ0) is 12.6. The molecule has 3 rings (SSSR count). The minimum absolute atomic E-state index is 0.00384. The zero-order valence-electron chi connectivity index (χ0n) is 9.90. The van der Waals surface area contributed by atoms with Crippen molar-refractivity contribution in [3.05, 3.63) is 41.8 Å². The van der Waals surface area contributed by atoms with Crippen molar-refractivity contribution in [2.45, 2.75) is 23.1 Å². The largest absolute Gasteiger partial charge is 0.253 e. The number of fused-ring (bicyclic) bond motifs is 1. The third kappa shape index (κ3) is 1.96. The fourth-order valence-electron chi connectivity index (χ4n) is 2.66. The monoisotopic (exact) mass is 281 g/mol. The highest BCUT2D eigenvalue weighted by Gasteiger charge is 2.37. The van der Waals surface area contributed by atoms with Gasteiger partial charge < -0.3 is 0 Å². The molecule has 1 aromatic heterocycles. The van der Waals surface area contributed by atoms with E-state index in [0.29, 0.717) is 16.7 Å². The molecule has 2 unspecified atom stereocenters. The lowest BCUT2D eigenvalue weighted by Gasteiger charge is -2.38. The van der Waals surface area contributed by atoms with Crippen LogP contribution in [0, 0.1) is 5.92 Å². The first-order valence-electron chi connectivity index (χ1n) is 6.10. The smallest absolute Gasteiger partial charge is 0.206 e. The molecule has 18 heavy (non-hydrogen) atoms. The van der Waals surface area contributed by atoms with Crippen LogP contribution in [0.2, 0.25) is 0 Å². The minimum atomic E-state index is -3.32. The topological polar surface area (TPSA) is 37.4 Å². The van der Waals surface area contributed by atoms with E-state index in [4.69, 9.17) is 0 Å². The van der Waals surface area contributed by atoms with Gasteiger partial charge >= 0.3 is 0 Å². The second-order valence-corrected chi connectivity index (χ2v) is 7.68. The Morgan fingerprint density at radius 1 is 1.28 bits per heavy atom. The van der Waals surface area contributed by atoms with E-state index in [0.717, 1.165) is 12.8 Å². The van der Waals surface area contributed by atoms with Crippen LogP contribution in [-0.4, -0.2) is 25.3 Å². The number of sulfonamides is 1. The van der Waals surface area contributed by atoms with Crippen LogP contribution in [0.15, 0.2) is 46.0 Å². The van der Waals surface area contributed by atoms with Crippen LogP contribution in [0.3, 0.4) is 0 Å². The van der Waals surface area contributed by atoms with Gasteiger partial charge in [-0.25, -0.2) is 8.42 Å². The highest BCUT2D eigenvalue weighted by Crippen LogP contribution is 2.33. The van der Waals surface area contributed by atoms with E-state index in [1.165, 1.54) is 11.3 Å². The van der Waals surface area contributed by atoms with E-state index in [2.05, 4.69) is 6.08 Å². The normalized spacial score (nSPS) is 28.2. The Morgan fingerprint density at radius 3 is 2.89 bits per heavy atom. The second kappa shape index (κ2) is 4.64. The molecule has 1 saturated heterocycles. The summed E-state index contributed by atoms with van der Waals surface area (Å²) in [6.45, 7) is 0.625. The molecule has 1 aromatic rings. The molecule has 1 fully saturated rings. The molecule has 96 valence electrons. The van der Waals surface area contributed by atoms with Crippen molar-refractivity contribution in [3.63, 3.8) is 0 Å². The SMILES string of the molecule is O=S(=O)(c1cccs1)N1CCCC2C=CC=CC21. The summed E-state index contributed by atoms with van der Waals surface area (Å²) in [5.41, 5.74) is 0. The molecule has 3 nitrogen and oxygen atoms in total. The summed E-state index contributed by atoms with van der Waals surface area (Å²) in [5.74, 6) is 0.332. The molecule has 0 amide bonds. The maximum atomic E-state index is 12.6. The standard InChI is InChI=1S/C13H15NO2S2/c15-18(16,13-8-4-10-17-13)14-9-3-6-11-5-1-2-7-12(11)14/h1-2,4-5,7-8,10-12H,3,6,9H2. The van der Waals surface area contributed by atoms with Gasteiger partial charge in [0.05, 0.1) is 0 Å². The molecular weight excluding hydrogens is 266 g/mol. The first kappa shape index (κ1) is 12.1. The fraction of sp³-hybridized carbons (Fsp3) is 0.385. The van der Waals surface area contributed by atoms with Crippen LogP contribution in [0.1, 0.15) is 12.8 Å². The molecule has 0 radical (unpaired) electrons. The van der Waals surface area contributed by atoms with Crippen molar-refractivity contribution in [1.29, 1.82) is 0 Å². The van der Waals surface area contributed by atoms with Crippen LogP contribution >= 0.6 is 11.3 Å². The van der Waals surface area contributed by atoms with E-state index in [1.54, 1.807) is 16.4 Å². The van der Waals surface area contributed by atoms with Crippen LogP contribution in [0.4, 0.5) is 0 Å². The molecule has 0 bridgehead atoms. The maximum Gasteiger partial charge on any atom is 0.253 e. The van der Waals surface area contributed by atoms with Gasteiger partial charge in [0.15, 0.2) is 0 Å². The summed E-state index contributed by atoms with van der Waals surface area (Å²) < 4.78 is 27.3. The molecule has 2 aliphatic rings. The first-order valence-corrected chi connectivity index (χ1v) is 8.42. The minimum Gasteiger partial charge on any atom is -0.206 e. The highest BCUT2D eigenvalue weighted by atomic mass is 32.2. The van der Waals surface area contributed by atoms with Gasteiger partial charge in [-0.15, -0.1) is 11.3 Å². The number of hydrogen-bond donors (Lipinski definition) is 0. The van der Waals surface area contributed by atoms with E-state index in [9.17, 15) is 8.42 Å². The lowest BCUT2D eigenvalue weighted by Crippen LogP contribution is -2.47. The van der Waals surface area contributed by atoms with E-state index >= 15 is 0 Å². The number of rotatable bonds is 2. The van der Waals surface area contributed by atoms with Crippen molar-refractivity contribution in [1.82, 2.24) is 4.31 Å². The molecule has 1 aliphatic heterocycles. The van der Waals surface area contributed by atoms with Gasteiger partial charge in [0.25, 0.3) is 10.0 Å². The van der Waals surface area contributed by atoms with Crippen LogP contribution < -0.4 is 0 Å². The van der Waals surface area contributed by atoms with Crippen LogP contribution in [0.5, 0.6) is 0 Å². The number of nitrogens with zero attached hydrogens (tertiary/aromatic N) is 1. The summed E-state index contributed by atoms with van der Waals surface area (Å²) in [6.07, 6.45) is 10.1. The van der Waals surface area contributed by atoms with Crippen molar-refractivity contribution >= 4 is 21.4 Å². The highest BCUT2D eigenvalue weighted by molar-refractivity contribution is 7.91. The Labute approximate surface area is 111 Å². The molecular formula is C13H15NO2S2. The molecule has 2 atom stereocenters. The summed E-state index contributed by atoms with van der Waals surface area (Å²) in [5, 5.41) is 1.81. The van der Waals surface area contributed by atoms with Crippen molar-refractivity contribution < 1.29 is 8.42 Å². The van der Waals surface area contributed by atoms with E-state index < -0.39 is 10.0 Å². The van der Waals surface area contributed by atoms with E-state index in [-0.39, 0.29) is 6.04 Å². The Balaban J connectivity index is 1.96. The van der Waals surface area contributed by atoms with Crippen LogP contribution in [-0.2, 0) is 10.0 Å². The molecule has 0 N–H and O–H groups in total. The summed E-state index contributed by atoms with van der Waals surface area (Å²) in [4.78, 5) is 0. The predicted molar refractivity (Wildman–Crippen MR) is 73.0 cm³/mol. The van der Waals surface area contributed by atoms with Gasteiger partial charge in [0.1, 0.15) is 4.21 Å². The zero-order valence-corrected chi connectivity index (χ0v) is 11.5. The number of allylic oxidation sites excluding steroid dienone is 2. The Bertz CT molecular complexity index is 572. The average molecular weight is 281 g/mol. The van der Waals surface area contributed by atoms with Crippen molar-refractivity contribution in [2.75, 3.05) is 6.54 Å². The molecule has 1 aliphatic carbocycles. The summed E-state index contributed by atoms with van der Waals surface area (Å²) in [6, 6.07) is 3.47. The summed E-state index contributed by atoms with van der Waals surface area (Å²) in [7, 11) is -3.32. The Morgan fingerprint density at radius 2 is 2.11 bits per heavy atom. The second-order valence-electron chi connectivity index (χ2n) is 4.61. The lowest BCUT2D eigenvalue weighted by atomic mass is 9.88. The van der Waals surface area contributed by atoms with Gasteiger partial charge in [0.2, 0.25) is 0 Å². The molecule has 0 saturated carbocycles. The van der Waals surface area contributed by atoms with Gasteiger partial charge in [-0.3, -0.25) is 0 Å². The van der Waals surface area contributed by atoms with Gasteiger partial charge in [-0.05, 0) is 30.2 Å². The Hall–Kier alpha value is -0.910. The molecule has 2 heterocycles. The molecule has 0 aromatic carbocycles. The third-order valence-corrected chi connectivity index (χ3v) is 6.79. The molecule has 0 spiro atoms. The average Bonchev–Trinajstić information content (AvgIpc) is 2.92. The first-order chi connectivity index (χ1) is 8.69. The van der Waals surface area contributed by atoms with Crippen molar-refractivity contribution in [2.24, 2.45) is 5.92 Å². The van der Waals surface area contributed by atoms with E-state index in [1.807, 2.05) is 23.6 Å². The molecule has 5 heteroatoms. The fourth-order valence-corrected chi connectivity index (χ4v) is 5.44. The maximum absolute atomic E-state index is 12.6. The quantitative estimate of drug-likeness (QED) is 0.835. The number of piperidine rings is 1. The van der Waals surface area contributed by atoms with Crippen LogP contribution in [0.25, 0.3) is 0 Å². The number of hydrogen-bond acceptors (Lipinski definition) is 3. The summed E-state index contributed by atoms with van der Waals surface area (Å²) >= 11 is 1.29.